The number of alkyl halides is 3. The lowest BCUT2D eigenvalue weighted by Crippen LogP contribution is -2.32. The lowest BCUT2D eigenvalue weighted by atomic mass is 10.7. The van der Waals surface area contributed by atoms with Crippen molar-refractivity contribution in [3.05, 3.63) is 0 Å². The van der Waals surface area contributed by atoms with Crippen LogP contribution in [0.1, 0.15) is 0 Å². The molecule has 0 aliphatic rings. The summed E-state index contributed by atoms with van der Waals surface area (Å²) in [6.07, 6.45) is 0. The first-order valence-corrected chi connectivity index (χ1v) is 7.46. The zero-order valence-corrected chi connectivity index (χ0v) is 13.9. The minimum Gasteiger partial charge on any atom is -0.268 e. The average molecular weight is 324 g/mol. The predicted molar refractivity (Wildman–Crippen MR) is 75.7 cm³/mol. The molecular weight excluding hydrogens is 305 g/mol. The van der Waals surface area contributed by atoms with E-state index in [2.05, 4.69) is 4.74 Å². The Morgan fingerprint density at radius 2 is 1.24 bits per heavy atom. The Hall–Kier alpha value is 0.650. The van der Waals surface area contributed by atoms with Gasteiger partial charge in [-0.1, -0.05) is 34.8 Å². The molecule has 0 fully saturated rings. The molecule has 0 aromatic carbocycles. The topological polar surface area (TPSA) is 39.2 Å². The van der Waals surface area contributed by atoms with E-state index in [0.717, 1.165) is 0 Å². The van der Waals surface area contributed by atoms with Crippen molar-refractivity contribution in [3.63, 3.8) is 0 Å². The van der Waals surface area contributed by atoms with Crippen molar-refractivity contribution in [2.45, 2.75) is 3.79 Å². The summed E-state index contributed by atoms with van der Waals surface area (Å²) in [6.45, 7) is 0. The number of carbonyl (C=O) groups is 1. The van der Waals surface area contributed by atoms with Crippen LogP contribution >= 0.6 is 42.3 Å². The van der Waals surface area contributed by atoms with Crippen LogP contribution in [-0.2, 0) is 4.79 Å². The molecule has 0 aromatic rings. The van der Waals surface area contributed by atoms with E-state index in [1.165, 1.54) is 0 Å². The van der Waals surface area contributed by atoms with Gasteiger partial charge in [0.15, 0.2) is 7.51 Å². The second-order valence-corrected chi connectivity index (χ2v) is 9.94. The Labute approximate surface area is 118 Å². The average Bonchev–Trinajstić information content (AvgIpc) is 2.09. The van der Waals surface area contributed by atoms with Crippen molar-refractivity contribution in [3.8, 4) is 0 Å². The van der Waals surface area contributed by atoms with Gasteiger partial charge in [0.2, 0.25) is 0 Å². The summed E-state index contributed by atoms with van der Waals surface area (Å²) in [7, 11) is 8.67. The molecule has 0 atom stereocenters. The second-order valence-electron chi connectivity index (χ2n) is 3.98. The van der Waals surface area contributed by atoms with E-state index in [0.29, 0.717) is 0 Å². The largest absolute Gasteiger partial charge is 0.299 e. The maximum Gasteiger partial charge on any atom is 0.299 e. The van der Waals surface area contributed by atoms with E-state index >= 15 is 0 Å². The van der Waals surface area contributed by atoms with Gasteiger partial charge in [-0.25, -0.2) is 0 Å². The van der Waals surface area contributed by atoms with Gasteiger partial charge in [0, 0.05) is 0 Å². The van der Waals surface area contributed by atoms with Crippen LogP contribution in [-0.4, -0.2) is 66.0 Å². The Kier molecular flexibility index (Phi) is 6.44. The first-order valence-electron chi connectivity index (χ1n) is 4.73. The van der Waals surface area contributed by atoms with Crippen LogP contribution in [0.3, 0.4) is 0 Å². The number of amides is 1. The zero-order chi connectivity index (χ0) is 14.0. The minimum absolute atomic E-state index is 0.757. The SMILES string of the molecule is CN(C)P(=NC(=O)C(Cl)(Cl)Cl)(N(C)C)N(C)C. The molecule has 1 amide bonds. The van der Waals surface area contributed by atoms with Gasteiger partial charge in [0.1, 0.15) is 0 Å². The maximum absolute atomic E-state index is 11.8. The van der Waals surface area contributed by atoms with Crippen molar-refractivity contribution in [1.29, 1.82) is 0 Å². The molecule has 0 heterocycles. The number of halogens is 3. The van der Waals surface area contributed by atoms with Crippen LogP contribution in [0.5, 0.6) is 0 Å². The Morgan fingerprint density at radius 1 is 0.941 bits per heavy atom. The summed E-state index contributed by atoms with van der Waals surface area (Å²) in [5, 5.41) is 0. The molecule has 102 valence electrons. The molecule has 0 rings (SSSR count). The minimum atomic E-state index is -2.34. The van der Waals surface area contributed by atoms with Crippen LogP contribution in [0.4, 0.5) is 0 Å². The fraction of sp³-hybridized carbons (Fsp3) is 0.875. The monoisotopic (exact) mass is 322 g/mol. The van der Waals surface area contributed by atoms with Gasteiger partial charge in [0.25, 0.3) is 9.70 Å². The number of nitrogens with zero attached hydrogens (tertiary/aromatic N) is 4. The second kappa shape index (κ2) is 6.20. The quantitative estimate of drug-likeness (QED) is 0.591. The molecule has 0 aliphatic heterocycles. The fourth-order valence-electron chi connectivity index (χ4n) is 1.52. The molecule has 0 saturated carbocycles. The number of hydrogen-bond donors (Lipinski definition) is 0. The molecule has 17 heavy (non-hydrogen) atoms. The molecule has 0 aliphatic carbocycles. The summed E-state index contributed by atoms with van der Waals surface area (Å²) in [5.41, 5.74) is 0. The third-order valence-corrected chi connectivity index (χ3v) is 6.23. The van der Waals surface area contributed by atoms with E-state index in [-0.39, 0.29) is 0 Å². The number of carbonyl (C=O) groups excluding carboxylic acids is 1. The molecule has 0 spiro atoms. The highest BCUT2D eigenvalue weighted by Crippen LogP contribution is 2.55. The van der Waals surface area contributed by atoms with E-state index < -0.39 is 17.2 Å². The molecular formula is C8H18Cl3N4OP. The first kappa shape index (κ1) is 17.6. The predicted octanol–water partition coefficient (Wildman–Crippen LogP) is 2.51. The van der Waals surface area contributed by atoms with Crippen molar-refractivity contribution in [1.82, 2.24) is 14.0 Å². The van der Waals surface area contributed by atoms with Gasteiger partial charge in [-0.2, -0.15) is 4.74 Å². The Bertz CT molecular complexity index is 310. The van der Waals surface area contributed by atoms with Crippen LogP contribution in [0.15, 0.2) is 4.74 Å². The van der Waals surface area contributed by atoms with Gasteiger partial charge in [-0.15, -0.1) is 0 Å². The van der Waals surface area contributed by atoms with Crippen molar-refractivity contribution in [2.24, 2.45) is 4.74 Å². The van der Waals surface area contributed by atoms with Gasteiger partial charge >= 0.3 is 0 Å². The third kappa shape index (κ3) is 4.06. The van der Waals surface area contributed by atoms with E-state index in [4.69, 9.17) is 34.8 Å². The van der Waals surface area contributed by atoms with Gasteiger partial charge in [-0.05, 0) is 42.3 Å². The Balaban J connectivity index is 5.79. The summed E-state index contributed by atoms with van der Waals surface area (Å²) in [4.78, 5) is 11.8. The van der Waals surface area contributed by atoms with E-state index in [1.807, 2.05) is 56.3 Å². The van der Waals surface area contributed by atoms with Gasteiger partial charge < -0.3 is 0 Å². The van der Waals surface area contributed by atoms with Gasteiger partial charge in [-0.3, -0.25) is 18.8 Å². The molecule has 0 N–H and O–H groups in total. The number of hydrogen-bond acceptors (Lipinski definition) is 1. The highest BCUT2D eigenvalue weighted by atomic mass is 35.6. The summed E-state index contributed by atoms with van der Waals surface area (Å²) >= 11 is 16.7. The van der Waals surface area contributed by atoms with Crippen LogP contribution in [0.25, 0.3) is 0 Å². The molecule has 0 radical (unpaired) electrons. The standard InChI is InChI=1S/C8H18Cl3N4OP/c1-13(2)17(14(3)4,15(5)6)12-7(16)8(9,10)11/h1-6H3. The fourth-order valence-corrected chi connectivity index (χ4v) is 4.90. The van der Waals surface area contributed by atoms with Gasteiger partial charge in [0.05, 0.1) is 0 Å². The number of rotatable bonds is 3. The highest BCUT2D eigenvalue weighted by molar-refractivity contribution is 7.59. The lowest BCUT2D eigenvalue weighted by Gasteiger charge is -2.40. The first-order chi connectivity index (χ1) is 7.46. The smallest absolute Gasteiger partial charge is 0.268 e. The molecule has 0 aromatic heterocycles. The van der Waals surface area contributed by atoms with Crippen LogP contribution in [0, 0.1) is 0 Å². The summed E-state index contributed by atoms with van der Waals surface area (Å²) in [6, 6.07) is 0. The zero-order valence-electron chi connectivity index (χ0n) is 10.8. The lowest BCUT2D eigenvalue weighted by molar-refractivity contribution is -0.116. The molecule has 0 unspecified atom stereocenters. The summed E-state index contributed by atoms with van der Waals surface area (Å²) in [5.74, 6) is -0.757. The van der Waals surface area contributed by atoms with Crippen molar-refractivity contribution < 1.29 is 4.79 Å². The van der Waals surface area contributed by atoms with Crippen molar-refractivity contribution in [2.75, 3.05) is 42.3 Å². The maximum atomic E-state index is 11.8. The molecule has 9 heteroatoms. The third-order valence-electron chi connectivity index (χ3n) is 2.08. The van der Waals surface area contributed by atoms with E-state index in [9.17, 15) is 4.79 Å². The van der Waals surface area contributed by atoms with Crippen LogP contribution in [0.2, 0.25) is 0 Å². The molecule has 0 bridgehead atoms. The normalized spacial score (nSPS) is 13.6. The molecule has 0 saturated heterocycles. The van der Waals surface area contributed by atoms with Crippen LogP contribution < -0.4 is 0 Å². The highest BCUT2D eigenvalue weighted by Gasteiger charge is 2.36. The van der Waals surface area contributed by atoms with Crippen molar-refractivity contribution >= 4 is 48.2 Å². The molecule has 5 nitrogen and oxygen atoms in total. The summed E-state index contributed by atoms with van der Waals surface area (Å²) < 4.78 is 7.70. The van der Waals surface area contributed by atoms with E-state index in [1.54, 1.807) is 0 Å². The Morgan fingerprint density at radius 3 is 1.41 bits per heavy atom.